The summed E-state index contributed by atoms with van der Waals surface area (Å²) in [4.78, 5) is 0. The van der Waals surface area contributed by atoms with Crippen molar-refractivity contribution in [2.45, 2.75) is 13.8 Å². The van der Waals surface area contributed by atoms with E-state index in [4.69, 9.17) is 9.69 Å². The van der Waals surface area contributed by atoms with Crippen LogP contribution in [0, 0.1) is 6.92 Å². The second kappa shape index (κ2) is 22.7. The third-order valence-electron chi connectivity index (χ3n) is 0.408. The van der Waals surface area contributed by atoms with Crippen LogP contribution in [0.4, 0.5) is 0 Å². The maximum atomic E-state index is 4.76. The Morgan fingerprint density at radius 3 is 1.56 bits per heavy atom. The maximum absolute atomic E-state index is 4.76. The van der Waals surface area contributed by atoms with E-state index < -0.39 is 0 Å². The number of hydrogen-bond acceptors (Lipinski definition) is 0. The van der Waals surface area contributed by atoms with Gasteiger partial charge in [-0.05, 0) is 0 Å². The summed E-state index contributed by atoms with van der Waals surface area (Å²) in [6, 6.07) is 0. The molecule has 0 amide bonds. The molecule has 0 spiro atoms. The van der Waals surface area contributed by atoms with E-state index in [2.05, 4.69) is 6.92 Å². The second-order valence-electron chi connectivity index (χ2n) is 1.28. The van der Waals surface area contributed by atoms with Gasteiger partial charge in [0.25, 0.3) is 0 Å². The first kappa shape index (κ1) is 22.4. The Hall–Kier alpha value is 1.41. The van der Waals surface area contributed by atoms with Crippen LogP contribution < -0.4 is 31.3 Å². The second-order valence-corrected chi connectivity index (χ2v) is 1.28. The van der Waals surface area contributed by atoms with E-state index in [-0.39, 0.29) is 31.3 Å². The molecule has 0 saturated heterocycles. The molecule has 0 heterocycles. The molecule has 0 radical (unpaired) electrons. The number of rotatable bonds is 0. The molecule has 0 N–H and O–H groups in total. The van der Waals surface area contributed by atoms with E-state index in [0.29, 0.717) is 0 Å². The van der Waals surface area contributed by atoms with Crippen molar-refractivity contribution >= 4 is 9.69 Å². The predicted molar refractivity (Wildman–Crippen MR) is 30.6 cm³/mol. The largest absolute Gasteiger partial charge is 1.00 e. The molecule has 0 aliphatic heterocycles. The topological polar surface area (TPSA) is 0 Å². The molecule has 9 heavy (non-hydrogen) atoms. The van der Waals surface area contributed by atoms with Crippen LogP contribution in [0.15, 0.2) is 11.6 Å². The van der Waals surface area contributed by atoms with Crippen LogP contribution in [0.25, 0.3) is 0 Å². The zero-order chi connectivity index (χ0) is 6.28. The summed E-state index contributed by atoms with van der Waals surface area (Å²) >= 11 is 0.847. The Labute approximate surface area is 90.1 Å². The van der Waals surface area contributed by atoms with Gasteiger partial charge >= 0.3 is 45.9 Å². The van der Waals surface area contributed by atoms with Gasteiger partial charge in [-0.2, -0.15) is 0 Å². The number of halogens is 2. The van der Waals surface area contributed by atoms with E-state index in [1.807, 2.05) is 19.9 Å². The summed E-state index contributed by atoms with van der Waals surface area (Å²) in [5.41, 5.74) is 1.27. The fourth-order valence-corrected chi connectivity index (χ4v) is 0. The zero-order valence-corrected chi connectivity index (χ0v) is 10.7. The molecule has 0 rings (SSSR count). The first-order chi connectivity index (χ1) is 3.27. The van der Waals surface area contributed by atoms with Crippen molar-refractivity contribution in [3.8, 4) is 0 Å². The van der Waals surface area contributed by atoms with Crippen molar-refractivity contribution in [2.24, 2.45) is 0 Å². The van der Waals surface area contributed by atoms with Crippen LogP contribution in [0.5, 0.6) is 0 Å². The van der Waals surface area contributed by atoms with E-state index >= 15 is 0 Å². The summed E-state index contributed by atoms with van der Waals surface area (Å²) in [6.45, 7) is 7.56. The molecule has 0 aliphatic rings. The Balaban J connectivity index is -0.0000000286. The van der Waals surface area contributed by atoms with Crippen molar-refractivity contribution in [1.82, 2.24) is 0 Å². The summed E-state index contributed by atoms with van der Waals surface area (Å²) in [7, 11) is 4.76. The first-order valence-corrected chi connectivity index (χ1v) is 5.86. The molecule has 0 nitrogen and oxygen atoms in total. The fourth-order valence-electron chi connectivity index (χ4n) is 0. The molecule has 0 aromatic heterocycles. The Morgan fingerprint density at radius 2 is 1.56 bits per heavy atom. The van der Waals surface area contributed by atoms with E-state index in [1.165, 1.54) is 5.57 Å². The summed E-state index contributed by atoms with van der Waals surface area (Å²) < 4.78 is 0. The fraction of sp³-hybridized carbons (Fsp3) is 0.400. The molecule has 0 aromatic carbocycles. The van der Waals surface area contributed by atoms with Gasteiger partial charge in [-0.3, -0.25) is 0 Å². The van der Waals surface area contributed by atoms with Crippen LogP contribution in [0.1, 0.15) is 13.8 Å². The van der Waals surface area contributed by atoms with Crippen molar-refractivity contribution < 1.29 is 48.6 Å². The monoisotopic (exact) mass is 210 g/mol. The SMILES string of the molecule is [CH2-]C=C(C)C.[Cl-].[Cl][Zn+].[Li+]. The van der Waals surface area contributed by atoms with E-state index in [1.54, 1.807) is 0 Å². The van der Waals surface area contributed by atoms with Gasteiger partial charge in [0.2, 0.25) is 0 Å². The van der Waals surface area contributed by atoms with Crippen LogP contribution in [0.3, 0.4) is 0 Å². The zero-order valence-electron chi connectivity index (χ0n) is 6.25. The molecule has 0 fully saturated rings. The smallest absolute Gasteiger partial charge is 1.00 e. The van der Waals surface area contributed by atoms with Gasteiger partial charge in [-0.25, -0.2) is 18.6 Å². The average molecular weight is 212 g/mol. The van der Waals surface area contributed by atoms with Gasteiger partial charge < -0.3 is 12.4 Å². The Kier molecular flexibility index (Phi) is 56.7. The summed E-state index contributed by atoms with van der Waals surface area (Å²) in [5, 5.41) is 0. The van der Waals surface area contributed by atoms with Gasteiger partial charge in [0.15, 0.2) is 0 Å². The molecule has 0 unspecified atom stereocenters. The predicted octanol–water partition coefficient (Wildman–Crippen LogP) is -3.52. The molecule has 0 saturated carbocycles. The third kappa shape index (κ3) is 44.4. The summed E-state index contributed by atoms with van der Waals surface area (Å²) in [5.74, 6) is 0. The number of allylic oxidation sites excluding steroid dienone is 2. The average Bonchev–Trinajstić information content (AvgIpc) is 1.73. The molecule has 46 valence electrons. The van der Waals surface area contributed by atoms with Crippen molar-refractivity contribution in [3.05, 3.63) is 18.6 Å². The molecular weight excluding hydrogens is 203 g/mol. The summed E-state index contributed by atoms with van der Waals surface area (Å²) in [6.07, 6.45) is 1.83. The molecular formula is C5H9Cl2LiZn. The van der Waals surface area contributed by atoms with Crippen LogP contribution in [-0.2, 0) is 17.3 Å². The first-order valence-electron chi connectivity index (χ1n) is 1.96. The minimum Gasteiger partial charge on any atom is 1.00 e. The molecule has 0 aromatic rings. The molecule has 0 bridgehead atoms. The van der Waals surface area contributed by atoms with Crippen molar-refractivity contribution in [2.75, 3.05) is 0 Å². The Morgan fingerprint density at radius 1 is 1.44 bits per heavy atom. The van der Waals surface area contributed by atoms with E-state index in [0.717, 1.165) is 17.3 Å². The molecule has 0 atom stereocenters. The van der Waals surface area contributed by atoms with Crippen molar-refractivity contribution in [1.29, 1.82) is 0 Å². The van der Waals surface area contributed by atoms with Gasteiger partial charge in [0.1, 0.15) is 0 Å². The van der Waals surface area contributed by atoms with Crippen LogP contribution in [-0.4, -0.2) is 0 Å². The normalized spacial score (nSPS) is 4.56. The van der Waals surface area contributed by atoms with Crippen LogP contribution >= 0.6 is 9.69 Å². The van der Waals surface area contributed by atoms with Crippen LogP contribution in [0.2, 0.25) is 0 Å². The molecule has 0 aliphatic carbocycles. The van der Waals surface area contributed by atoms with Crippen molar-refractivity contribution in [3.63, 3.8) is 0 Å². The van der Waals surface area contributed by atoms with Gasteiger partial charge in [-0.15, -0.1) is 13.8 Å². The van der Waals surface area contributed by atoms with Gasteiger partial charge in [0, 0.05) is 0 Å². The quantitative estimate of drug-likeness (QED) is 0.289. The Bertz CT molecular complexity index is 52.9. The minimum atomic E-state index is 0. The molecule has 4 heteroatoms. The minimum absolute atomic E-state index is 0. The number of hydrogen-bond donors (Lipinski definition) is 0. The van der Waals surface area contributed by atoms with Gasteiger partial charge in [-0.1, -0.05) is 0 Å². The standard InChI is InChI=1S/C5H9.2ClH.Li.Zn/c1-4-5(2)3;;;;/h4H,1H2,2-3H3;2*1H;;/q-1;;;+1;+2/p-2. The maximum Gasteiger partial charge on any atom is 1.00 e. The van der Waals surface area contributed by atoms with E-state index in [9.17, 15) is 0 Å². The third-order valence-corrected chi connectivity index (χ3v) is 0.408. The van der Waals surface area contributed by atoms with Gasteiger partial charge in [0.05, 0.1) is 0 Å².